The first kappa shape index (κ1) is 19.8. The number of carbonyl (C=O) groups excluding carboxylic acids is 1. The number of anilines is 1. The van der Waals surface area contributed by atoms with Crippen molar-refractivity contribution in [2.75, 3.05) is 45.3 Å². The number of benzene rings is 2. The van der Waals surface area contributed by atoms with Crippen molar-refractivity contribution in [3.05, 3.63) is 59.2 Å². The van der Waals surface area contributed by atoms with Crippen LogP contribution in [-0.4, -0.2) is 51.2 Å². The largest absolute Gasteiger partial charge is 0.497 e. The van der Waals surface area contributed by atoms with Gasteiger partial charge in [0.15, 0.2) is 0 Å². The van der Waals surface area contributed by atoms with Gasteiger partial charge in [-0.3, -0.25) is 4.79 Å². The molecule has 0 aliphatic carbocycles. The normalized spacial score (nSPS) is 14.4. The van der Waals surface area contributed by atoms with Crippen LogP contribution < -0.4 is 14.4 Å². The fourth-order valence-electron chi connectivity index (χ4n) is 3.47. The molecule has 0 spiro atoms. The summed E-state index contributed by atoms with van der Waals surface area (Å²) in [5, 5.41) is 0. The van der Waals surface area contributed by atoms with Crippen LogP contribution in [-0.2, 0) is 4.79 Å². The Morgan fingerprint density at radius 2 is 1.75 bits per heavy atom. The van der Waals surface area contributed by atoms with Crippen molar-refractivity contribution in [2.24, 2.45) is 0 Å². The number of aryl methyl sites for hydroxylation is 1. The molecule has 0 bridgehead atoms. The summed E-state index contributed by atoms with van der Waals surface area (Å²) in [7, 11) is 3.23. The van der Waals surface area contributed by atoms with Gasteiger partial charge in [-0.15, -0.1) is 0 Å². The van der Waals surface area contributed by atoms with Crippen molar-refractivity contribution < 1.29 is 14.3 Å². The maximum atomic E-state index is 12.6. The van der Waals surface area contributed by atoms with Gasteiger partial charge in [0.2, 0.25) is 5.91 Å². The summed E-state index contributed by atoms with van der Waals surface area (Å²) in [4.78, 5) is 16.9. The number of piperazine rings is 1. The van der Waals surface area contributed by atoms with Gasteiger partial charge < -0.3 is 19.3 Å². The number of rotatable bonds is 5. The molecule has 148 valence electrons. The highest BCUT2D eigenvalue weighted by Crippen LogP contribution is 2.26. The van der Waals surface area contributed by atoms with E-state index in [-0.39, 0.29) is 5.91 Å². The first-order chi connectivity index (χ1) is 13.5. The van der Waals surface area contributed by atoms with Gasteiger partial charge in [-0.05, 0) is 49.2 Å². The summed E-state index contributed by atoms with van der Waals surface area (Å²) in [6, 6.07) is 12.0. The Morgan fingerprint density at radius 3 is 2.43 bits per heavy atom. The van der Waals surface area contributed by atoms with Crippen LogP contribution >= 0.6 is 0 Å². The molecule has 0 unspecified atom stereocenters. The molecule has 5 heteroatoms. The van der Waals surface area contributed by atoms with Crippen LogP contribution in [0.1, 0.15) is 16.7 Å². The number of carbonyl (C=O) groups is 1. The summed E-state index contributed by atoms with van der Waals surface area (Å²) >= 11 is 0. The molecule has 1 amide bonds. The number of nitrogens with zero attached hydrogens (tertiary/aromatic N) is 2. The maximum Gasteiger partial charge on any atom is 0.246 e. The molecule has 1 saturated heterocycles. The van der Waals surface area contributed by atoms with Crippen LogP contribution in [0.15, 0.2) is 42.5 Å². The Kier molecular flexibility index (Phi) is 6.24. The zero-order valence-electron chi connectivity index (χ0n) is 17.1. The van der Waals surface area contributed by atoms with Crippen LogP contribution in [0.4, 0.5) is 5.69 Å². The minimum atomic E-state index is 0.0264. The van der Waals surface area contributed by atoms with Gasteiger partial charge in [0.1, 0.15) is 11.5 Å². The molecule has 2 aromatic carbocycles. The summed E-state index contributed by atoms with van der Waals surface area (Å²) in [6.45, 7) is 7.42. The third-order valence-electron chi connectivity index (χ3n) is 5.35. The van der Waals surface area contributed by atoms with E-state index in [0.29, 0.717) is 5.75 Å². The summed E-state index contributed by atoms with van der Waals surface area (Å²) in [6.07, 6.45) is 3.43. The van der Waals surface area contributed by atoms with Gasteiger partial charge >= 0.3 is 0 Å². The second-order valence-electron chi connectivity index (χ2n) is 6.97. The van der Waals surface area contributed by atoms with Crippen LogP contribution in [0.2, 0.25) is 0 Å². The van der Waals surface area contributed by atoms with E-state index in [1.807, 2.05) is 23.1 Å². The molecule has 0 saturated carbocycles. The van der Waals surface area contributed by atoms with E-state index < -0.39 is 0 Å². The summed E-state index contributed by atoms with van der Waals surface area (Å²) in [5.74, 6) is 1.43. The molecule has 1 fully saturated rings. The van der Waals surface area contributed by atoms with Crippen molar-refractivity contribution in [1.29, 1.82) is 0 Å². The first-order valence-electron chi connectivity index (χ1n) is 9.53. The monoisotopic (exact) mass is 380 g/mol. The molecule has 0 atom stereocenters. The van der Waals surface area contributed by atoms with Crippen LogP contribution in [0.3, 0.4) is 0 Å². The molecule has 1 aliphatic heterocycles. The molecule has 0 N–H and O–H groups in total. The molecule has 5 nitrogen and oxygen atoms in total. The number of methoxy groups -OCH3 is 2. The SMILES string of the molecule is COc1ccc(C=CC(=O)N2CCN(c3cccc(C)c3C)CC2)c(OC)c1. The average molecular weight is 380 g/mol. The van der Waals surface area contributed by atoms with Gasteiger partial charge in [0.05, 0.1) is 14.2 Å². The third kappa shape index (κ3) is 4.30. The Labute approximate surface area is 167 Å². The Bertz CT molecular complexity index is 868. The quantitative estimate of drug-likeness (QED) is 0.742. The fraction of sp³-hybridized carbons (Fsp3) is 0.348. The van der Waals surface area contributed by atoms with Crippen LogP contribution in [0.25, 0.3) is 6.08 Å². The van der Waals surface area contributed by atoms with Gasteiger partial charge in [0.25, 0.3) is 0 Å². The Morgan fingerprint density at radius 1 is 1.00 bits per heavy atom. The lowest BCUT2D eigenvalue weighted by atomic mass is 10.1. The molecule has 28 heavy (non-hydrogen) atoms. The number of amides is 1. The van der Waals surface area contributed by atoms with Crippen molar-refractivity contribution in [3.63, 3.8) is 0 Å². The van der Waals surface area contributed by atoms with Crippen molar-refractivity contribution >= 4 is 17.7 Å². The lowest BCUT2D eigenvalue weighted by molar-refractivity contribution is -0.126. The molecular formula is C23H28N2O3. The van der Waals surface area contributed by atoms with Gasteiger partial charge in [-0.25, -0.2) is 0 Å². The molecule has 0 aromatic heterocycles. The number of hydrogen-bond acceptors (Lipinski definition) is 4. The standard InChI is InChI=1S/C23H28N2O3/c1-17-6-5-7-21(18(17)2)24-12-14-25(15-13-24)23(26)11-9-19-8-10-20(27-3)16-22(19)28-4/h5-11,16H,12-15H2,1-4H3. The summed E-state index contributed by atoms with van der Waals surface area (Å²) < 4.78 is 10.6. The third-order valence-corrected chi connectivity index (χ3v) is 5.35. The predicted octanol–water partition coefficient (Wildman–Crippen LogP) is 3.68. The van der Waals surface area contributed by atoms with Crippen molar-refractivity contribution in [3.8, 4) is 11.5 Å². The Hall–Kier alpha value is -2.95. The number of hydrogen-bond donors (Lipinski definition) is 0. The molecule has 0 radical (unpaired) electrons. The van der Waals surface area contributed by atoms with Crippen molar-refractivity contribution in [2.45, 2.75) is 13.8 Å². The van der Waals surface area contributed by atoms with Crippen molar-refractivity contribution in [1.82, 2.24) is 4.90 Å². The summed E-state index contributed by atoms with van der Waals surface area (Å²) in [5.41, 5.74) is 4.73. The zero-order chi connectivity index (χ0) is 20.1. The molecular weight excluding hydrogens is 352 g/mol. The highest BCUT2D eigenvalue weighted by Gasteiger charge is 2.21. The first-order valence-corrected chi connectivity index (χ1v) is 9.53. The van der Waals surface area contributed by atoms with Gasteiger partial charge in [0, 0.05) is 49.6 Å². The number of ether oxygens (including phenoxy) is 2. The molecule has 1 aliphatic rings. The average Bonchev–Trinajstić information content (AvgIpc) is 2.74. The van der Waals surface area contributed by atoms with E-state index in [1.54, 1.807) is 26.4 Å². The van der Waals surface area contributed by atoms with E-state index in [0.717, 1.165) is 37.5 Å². The molecule has 1 heterocycles. The van der Waals surface area contributed by atoms with E-state index in [4.69, 9.17) is 9.47 Å². The minimum Gasteiger partial charge on any atom is -0.497 e. The van der Waals surface area contributed by atoms with E-state index >= 15 is 0 Å². The van der Waals surface area contributed by atoms with Gasteiger partial charge in [-0.2, -0.15) is 0 Å². The molecule has 3 rings (SSSR count). The lowest BCUT2D eigenvalue weighted by Crippen LogP contribution is -2.48. The molecule has 2 aromatic rings. The minimum absolute atomic E-state index is 0.0264. The van der Waals surface area contributed by atoms with E-state index in [2.05, 4.69) is 36.9 Å². The second kappa shape index (κ2) is 8.83. The predicted molar refractivity (Wildman–Crippen MR) is 113 cm³/mol. The van der Waals surface area contributed by atoms with E-state index in [9.17, 15) is 4.79 Å². The van der Waals surface area contributed by atoms with Crippen LogP contribution in [0, 0.1) is 13.8 Å². The Balaban J connectivity index is 1.63. The van der Waals surface area contributed by atoms with E-state index in [1.165, 1.54) is 16.8 Å². The highest BCUT2D eigenvalue weighted by atomic mass is 16.5. The smallest absolute Gasteiger partial charge is 0.246 e. The second-order valence-corrected chi connectivity index (χ2v) is 6.97. The van der Waals surface area contributed by atoms with Gasteiger partial charge in [-0.1, -0.05) is 12.1 Å². The zero-order valence-corrected chi connectivity index (χ0v) is 17.1. The topological polar surface area (TPSA) is 42.0 Å². The maximum absolute atomic E-state index is 12.6. The highest BCUT2D eigenvalue weighted by molar-refractivity contribution is 5.92. The lowest BCUT2D eigenvalue weighted by Gasteiger charge is -2.36. The van der Waals surface area contributed by atoms with Crippen LogP contribution in [0.5, 0.6) is 11.5 Å². The fourth-order valence-corrected chi connectivity index (χ4v) is 3.47.